The van der Waals surface area contributed by atoms with Crippen LogP contribution in [0.2, 0.25) is 0 Å². The lowest BCUT2D eigenvalue weighted by Gasteiger charge is -2.12. The third-order valence-corrected chi connectivity index (χ3v) is 5.05. The van der Waals surface area contributed by atoms with Gasteiger partial charge >= 0.3 is 0 Å². The number of carbonyl (C=O) groups is 1. The van der Waals surface area contributed by atoms with Gasteiger partial charge in [-0.25, -0.2) is 13.6 Å². The Bertz CT molecular complexity index is 911. The van der Waals surface area contributed by atoms with Crippen molar-refractivity contribution in [3.63, 3.8) is 0 Å². The number of nitrogens with two attached hydrogens (primary N) is 1. The summed E-state index contributed by atoms with van der Waals surface area (Å²) in [7, 11) is -3.76. The van der Waals surface area contributed by atoms with Gasteiger partial charge in [0.25, 0.3) is 5.91 Å². The molecule has 1 aromatic carbocycles. The van der Waals surface area contributed by atoms with Gasteiger partial charge in [0.1, 0.15) is 0 Å². The van der Waals surface area contributed by atoms with E-state index < -0.39 is 10.0 Å². The molecule has 1 aromatic heterocycles. The summed E-state index contributed by atoms with van der Waals surface area (Å²) in [6, 6.07) is 9.53. The number of rotatable bonds is 3. The van der Waals surface area contributed by atoms with Gasteiger partial charge in [0.2, 0.25) is 10.0 Å². The van der Waals surface area contributed by atoms with Gasteiger partial charge in [-0.15, -0.1) is 11.3 Å². The molecular weight excluding hydrogens is 334 g/mol. The molecule has 2 N–H and O–H groups in total. The van der Waals surface area contributed by atoms with Crippen molar-refractivity contribution in [2.75, 3.05) is 5.01 Å². The maximum absolute atomic E-state index is 12.5. The van der Waals surface area contributed by atoms with E-state index in [4.69, 9.17) is 5.14 Å². The molecule has 1 aliphatic rings. The van der Waals surface area contributed by atoms with E-state index in [1.807, 2.05) is 17.5 Å². The number of benzene rings is 1. The van der Waals surface area contributed by atoms with Crippen molar-refractivity contribution in [2.24, 2.45) is 10.2 Å². The third kappa shape index (κ3) is 3.09. The summed E-state index contributed by atoms with van der Waals surface area (Å²) in [5.41, 5.74) is 1.61. The first-order valence-corrected chi connectivity index (χ1v) is 9.07. The summed E-state index contributed by atoms with van der Waals surface area (Å²) < 4.78 is 22.5. The molecule has 2 heterocycles. The number of hydrogen-bond donors (Lipinski definition) is 1. The molecule has 0 saturated carbocycles. The highest BCUT2D eigenvalue weighted by Gasteiger charge is 2.28. The van der Waals surface area contributed by atoms with Gasteiger partial charge in [-0.2, -0.15) is 10.1 Å². The maximum Gasteiger partial charge on any atom is 0.280 e. The molecule has 0 bridgehead atoms. The monoisotopic (exact) mass is 347 g/mol. The molecule has 23 heavy (non-hydrogen) atoms. The fourth-order valence-corrected chi connectivity index (χ4v) is 3.32. The van der Waals surface area contributed by atoms with Gasteiger partial charge in [0.05, 0.1) is 21.9 Å². The number of sulfonamides is 1. The molecule has 0 spiro atoms. The second kappa shape index (κ2) is 5.73. The lowest BCUT2D eigenvalue weighted by atomic mass is 10.1. The molecule has 0 aliphatic carbocycles. The average molecular weight is 347 g/mol. The van der Waals surface area contributed by atoms with E-state index in [0.29, 0.717) is 17.0 Å². The second-order valence-electron chi connectivity index (χ2n) is 4.91. The normalized spacial score (nSPS) is 17.0. The number of primary sulfonamides is 1. The zero-order valence-corrected chi connectivity index (χ0v) is 13.8. The minimum Gasteiger partial charge on any atom is -0.267 e. The molecule has 0 fully saturated rings. The van der Waals surface area contributed by atoms with Crippen LogP contribution >= 0.6 is 11.3 Å². The first-order chi connectivity index (χ1) is 10.9. The molecule has 1 aliphatic heterocycles. The van der Waals surface area contributed by atoms with Crippen LogP contribution < -0.4 is 10.1 Å². The number of amides is 1. The summed E-state index contributed by atoms with van der Waals surface area (Å²) in [6.07, 6.45) is 1.80. The van der Waals surface area contributed by atoms with E-state index in [1.165, 1.54) is 40.6 Å². The predicted octanol–water partition coefficient (Wildman–Crippen LogP) is 2.20. The highest BCUT2D eigenvalue weighted by Crippen LogP contribution is 2.26. The van der Waals surface area contributed by atoms with Gasteiger partial charge in [0, 0.05) is 4.88 Å². The Morgan fingerprint density at radius 3 is 2.48 bits per heavy atom. The summed E-state index contributed by atoms with van der Waals surface area (Å²) in [4.78, 5) is 13.5. The Morgan fingerprint density at radius 2 is 1.91 bits per heavy atom. The average Bonchev–Trinajstić information content (AvgIpc) is 3.10. The van der Waals surface area contributed by atoms with Crippen molar-refractivity contribution in [1.29, 1.82) is 0 Å². The zero-order chi connectivity index (χ0) is 16.6. The maximum atomic E-state index is 12.5. The zero-order valence-electron chi connectivity index (χ0n) is 12.1. The number of anilines is 1. The topological polar surface area (TPSA) is 92.8 Å². The number of hydrazone groups is 1. The summed E-state index contributed by atoms with van der Waals surface area (Å²) in [5.74, 6) is -0.251. The summed E-state index contributed by atoms with van der Waals surface area (Å²) in [6.45, 7) is 1.76. The second-order valence-corrected chi connectivity index (χ2v) is 7.46. The smallest absolute Gasteiger partial charge is 0.267 e. The predicted molar refractivity (Wildman–Crippen MR) is 90.7 cm³/mol. The van der Waals surface area contributed by atoms with Crippen LogP contribution in [-0.4, -0.2) is 20.0 Å². The molecule has 6 nitrogen and oxygen atoms in total. The van der Waals surface area contributed by atoms with E-state index in [1.54, 1.807) is 13.0 Å². The largest absolute Gasteiger partial charge is 0.280 e. The highest BCUT2D eigenvalue weighted by molar-refractivity contribution is 7.89. The van der Waals surface area contributed by atoms with E-state index in [-0.39, 0.29) is 10.8 Å². The number of hydrogen-bond acceptors (Lipinski definition) is 5. The Morgan fingerprint density at radius 1 is 1.22 bits per heavy atom. The van der Waals surface area contributed by atoms with Crippen LogP contribution in [0.25, 0.3) is 6.08 Å². The molecule has 3 rings (SSSR count). The van der Waals surface area contributed by atoms with E-state index >= 15 is 0 Å². The molecular formula is C15H13N3O3S2. The highest BCUT2D eigenvalue weighted by atomic mass is 32.2. The van der Waals surface area contributed by atoms with Crippen LogP contribution in [0.3, 0.4) is 0 Å². The van der Waals surface area contributed by atoms with Crippen molar-refractivity contribution >= 4 is 44.7 Å². The summed E-state index contributed by atoms with van der Waals surface area (Å²) in [5, 5.41) is 12.5. The Hall–Kier alpha value is -2.29. The molecule has 0 unspecified atom stereocenters. The molecule has 0 radical (unpaired) electrons. The molecule has 1 amide bonds. The fourth-order valence-electron chi connectivity index (χ4n) is 2.15. The van der Waals surface area contributed by atoms with Crippen LogP contribution in [-0.2, 0) is 14.8 Å². The van der Waals surface area contributed by atoms with Gasteiger partial charge in [-0.1, -0.05) is 6.07 Å². The quantitative estimate of drug-likeness (QED) is 0.863. The Kier molecular flexibility index (Phi) is 3.88. The molecule has 0 atom stereocenters. The van der Waals surface area contributed by atoms with Crippen LogP contribution in [0.1, 0.15) is 11.8 Å². The molecule has 118 valence electrons. The van der Waals surface area contributed by atoms with Crippen molar-refractivity contribution < 1.29 is 13.2 Å². The molecule has 2 aromatic rings. The van der Waals surface area contributed by atoms with Gasteiger partial charge in [-0.05, 0) is 48.7 Å². The summed E-state index contributed by atoms with van der Waals surface area (Å²) >= 11 is 1.53. The lowest BCUT2D eigenvalue weighted by molar-refractivity contribution is -0.114. The van der Waals surface area contributed by atoms with Crippen molar-refractivity contribution in [2.45, 2.75) is 11.8 Å². The first kappa shape index (κ1) is 15.6. The van der Waals surface area contributed by atoms with E-state index in [2.05, 4.69) is 5.10 Å². The van der Waals surface area contributed by atoms with Crippen LogP contribution in [0.15, 0.2) is 57.3 Å². The Labute approximate surface area is 137 Å². The third-order valence-electron chi connectivity index (χ3n) is 3.30. The number of nitrogens with zero attached hydrogens (tertiary/aromatic N) is 2. The van der Waals surface area contributed by atoms with Crippen molar-refractivity contribution in [1.82, 2.24) is 0 Å². The van der Waals surface area contributed by atoms with E-state index in [0.717, 1.165) is 4.88 Å². The van der Waals surface area contributed by atoms with Gasteiger partial charge in [0.15, 0.2) is 0 Å². The minimum absolute atomic E-state index is 0.0112. The minimum atomic E-state index is -3.76. The number of carbonyl (C=O) groups excluding carboxylic acids is 1. The van der Waals surface area contributed by atoms with Crippen LogP contribution in [0.5, 0.6) is 0 Å². The lowest BCUT2D eigenvalue weighted by Crippen LogP contribution is -2.21. The fraction of sp³-hybridized carbons (Fsp3) is 0.0667. The van der Waals surface area contributed by atoms with Gasteiger partial charge in [-0.3, -0.25) is 4.79 Å². The number of thiophene rings is 1. The molecule has 0 saturated heterocycles. The molecule has 8 heteroatoms. The van der Waals surface area contributed by atoms with E-state index in [9.17, 15) is 13.2 Å². The van der Waals surface area contributed by atoms with Crippen LogP contribution in [0, 0.1) is 0 Å². The standard InChI is InChI=1S/C15H13N3O3S2/c1-10-14(9-12-3-2-8-22-12)15(19)18(17-10)11-4-6-13(7-5-11)23(16,20)21/h2-9H,1H3,(H2,16,20,21). The van der Waals surface area contributed by atoms with Crippen molar-refractivity contribution in [3.05, 3.63) is 52.2 Å². The van der Waals surface area contributed by atoms with Crippen LogP contribution in [0.4, 0.5) is 5.69 Å². The SMILES string of the molecule is CC1=NN(c2ccc(S(N)(=O)=O)cc2)C(=O)C1=Cc1cccs1. The van der Waals surface area contributed by atoms with Gasteiger partial charge < -0.3 is 0 Å². The first-order valence-electron chi connectivity index (χ1n) is 6.64. The Balaban J connectivity index is 1.92. The van der Waals surface area contributed by atoms with Crippen molar-refractivity contribution in [3.8, 4) is 0 Å².